The predicted molar refractivity (Wildman–Crippen MR) is 58.3 cm³/mol. The van der Waals surface area contributed by atoms with E-state index in [1.165, 1.54) is 18.4 Å². The molecule has 0 saturated heterocycles. The first-order valence-corrected chi connectivity index (χ1v) is 5.13. The maximum atomic E-state index is 13.3. The third-order valence-electron chi connectivity index (χ3n) is 2.36. The molecule has 0 N–H and O–H groups in total. The van der Waals surface area contributed by atoms with Crippen LogP contribution in [0.2, 0.25) is 0 Å². The minimum atomic E-state index is -0.979. The first-order chi connectivity index (χ1) is 8.59. The van der Waals surface area contributed by atoms with Gasteiger partial charge in [0.1, 0.15) is 11.6 Å². The summed E-state index contributed by atoms with van der Waals surface area (Å²) in [4.78, 5) is 23.2. The van der Waals surface area contributed by atoms with Gasteiger partial charge in [0.25, 0.3) is 0 Å². The zero-order valence-electron chi connectivity index (χ0n) is 9.15. The summed E-state index contributed by atoms with van der Waals surface area (Å²) >= 11 is 0. The summed E-state index contributed by atoms with van der Waals surface area (Å²) in [6, 6.07) is 5.95. The van der Waals surface area contributed by atoms with Crippen LogP contribution in [0.4, 0.5) is 8.78 Å². The van der Waals surface area contributed by atoms with Gasteiger partial charge in [0.15, 0.2) is 11.5 Å². The molecule has 0 bridgehead atoms. The summed E-state index contributed by atoms with van der Waals surface area (Å²) in [5.74, 6) is -3.50. The SMILES string of the molecule is O=C(CC(=O)c1c(F)cccc1F)c1ccco1. The lowest BCUT2D eigenvalue weighted by molar-refractivity contribution is 0.0874. The molecular weight excluding hydrogens is 242 g/mol. The zero-order valence-corrected chi connectivity index (χ0v) is 9.15. The molecule has 3 nitrogen and oxygen atoms in total. The number of Topliss-reactive ketones (excluding diaryl/α,β-unsaturated/α-hetero) is 2. The Morgan fingerprint density at radius 1 is 1.00 bits per heavy atom. The smallest absolute Gasteiger partial charge is 0.205 e. The van der Waals surface area contributed by atoms with Gasteiger partial charge in [0.05, 0.1) is 18.2 Å². The minimum absolute atomic E-state index is 0.0138. The highest BCUT2D eigenvalue weighted by Gasteiger charge is 2.21. The molecule has 1 heterocycles. The molecule has 0 aliphatic heterocycles. The monoisotopic (exact) mass is 250 g/mol. The molecule has 0 spiro atoms. The van der Waals surface area contributed by atoms with Crippen molar-refractivity contribution in [2.24, 2.45) is 0 Å². The largest absolute Gasteiger partial charge is 0.461 e. The van der Waals surface area contributed by atoms with Gasteiger partial charge in [-0.15, -0.1) is 0 Å². The van der Waals surface area contributed by atoms with Crippen molar-refractivity contribution in [3.8, 4) is 0 Å². The molecule has 5 heteroatoms. The van der Waals surface area contributed by atoms with E-state index in [2.05, 4.69) is 0 Å². The third kappa shape index (κ3) is 2.34. The highest BCUT2D eigenvalue weighted by Crippen LogP contribution is 2.16. The third-order valence-corrected chi connectivity index (χ3v) is 2.36. The van der Waals surface area contributed by atoms with E-state index >= 15 is 0 Å². The highest BCUT2D eigenvalue weighted by molar-refractivity contribution is 6.12. The fourth-order valence-corrected chi connectivity index (χ4v) is 1.52. The number of benzene rings is 1. The number of halogens is 2. The lowest BCUT2D eigenvalue weighted by Crippen LogP contribution is -2.11. The molecule has 0 amide bonds. The van der Waals surface area contributed by atoms with Crippen LogP contribution in [-0.4, -0.2) is 11.6 Å². The van der Waals surface area contributed by atoms with Crippen LogP contribution in [0.5, 0.6) is 0 Å². The summed E-state index contributed by atoms with van der Waals surface area (Å²) in [7, 11) is 0. The van der Waals surface area contributed by atoms with Crippen LogP contribution < -0.4 is 0 Å². The average molecular weight is 250 g/mol. The molecule has 0 aliphatic carbocycles. The Morgan fingerprint density at radius 2 is 1.67 bits per heavy atom. The molecule has 0 radical (unpaired) electrons. The fraction of sp³-hybridized carbons (Fsp3) is 0.0769. The van der Waals surface area contributed by atoms with Crippen molar-refractivity contribution < 1.29 is 22.8 Å². The first-order valence-electron chi connectivity index (χ1n) is 5.13. The molecule has 18 heavy (non-hydrogen) atoms. The molecule has 1 aromatic carbocycles. The van der Waals surface area contributed by atoms with Crippen LogP contribution in [-0.2, 0) is 0 Å². The lowest BCUT2D eigenvalue weighted by atomic mass is 10.0. The van der Waals surface area contributed by atoms with Gasteiger partial charge in [-0.05, 0) is 24.3 Å². The van der Waals surface area contributed by atoms with Gasteiger partial charge in [-0.3, -0.25) is 9.59 Å². The van der Waals surface area contributed by atoms with Gasteiger partial charge in [-0.1, -0.05) is 6.07 Å². The number of rotatable bonds is 4. The molecule has 0 fully saturated rings. The van der Waals surface area contributed by atoms with E-state index in [1.807, 2.05) is 0 Å². The molecule has 0 saturated carbocycles. The van der Waals surface area contributed by atoms with Gasteiger partial charge >= 0.3 is 0 Å². The summed E-state index contributed by atoms with van der Waals surface area (Å²) in [5.41, 5.74) is -0.697. The number of ketones is 2. The number of hydrogen-bond acceptors (Lipinski definition) is 3. The summed E-state index contributed by atoms with van der Waals surface area (Å²) in [5, 5.41) is 0. The minimum Gasteiger partial charge on any atom is -0.461 e. The van der Waals surface area contributed by atoms with E-state index in [1.54, 1.807) is 0 Å². The topological polar surface area (TPSA) is 47.3 Å². The Labute approximate surface area is 101 Å². The zero-order chi connectivity index (χ0) is 13.1. The fourth-order valence-electron chi connectivity index (χ4n) is 1.52. The standard InChI is InChI=1S/C13H8F2O3/c14-8-3-1-4-9(15)13(8)11(17)7-10(16)12-5-2-6-18-12/h1-6H,7H2. The molecule has 0 aliphatic rings. The molecule has 2 rings (SSSR count). The molecule has 1 aromatic heterocycles. The van der Waals surface area contributed by atoms with Gasteiger partial charge in [-0.25, -0.2) is 8.78 Å². The van der Waals surface area contributed by atoms with E-state index in [9.17, 15) is 18.4 Å². The second kappa shape index (κ2) is 4.91. The summed E-state index contributed by atoms with van der Waals surface area (Å²) in [6.45, 7) is 0. The van der Waals surface area contributed by atoms with Crippen molar-refractivity contribution in [3.63, 3.8) is 0 Å². The number of carbonyl (C=O) groups excluding carboxylic acids is 2. The van der Waals surface area contributed by atoms with E-state index in [0.717, 1.165) is 18.2 Å². The molecule has 0 atom stereocenters. The molecule has 0 unspecified atom stereocenters. The maximum absolute atomic E-state index is 13.3. The van der Waals surface area contributed by atoms with Gasteiger partial charge in [-0.2, -0.15) is 0 Å². The quantitative estimate of drug-likeness (QED) is 0.619. The van der Waals surface area contributed by atoms with Gasteiger partial charge in [0, 0.05) is 0 Å². The van der Waals surface area contributed by atoms with Gasteiger partial charge in [0.2, 0.25) is 5.78 Å². The van der Waals surface area contributed by atoms with Crippen molar-refractivity contribution in [3.05, 3.63) is 59.6 Å². The maximum Gasteiger partial charge on any atom is 0.205 e. The Bertz CT molecular complexity index is 568. The van der Waals surface area contributed by atoms with Crippen LogP contribution in [0.1, 0.15) is 27.3 Å². The normalized spacial score (nSPS) is 10.3. The van der Waals surface area contributed by atoms with Crippen LogP contribution in [0, 0.1) is 11.6 Å². The van der Waals surface area contributed by atoms with Crippen molar-refractivity contribution in [2.75, 3.05) is 0 Å². The Hall–Kier alpha value is -2.30. The Balaban J connectivity index is 2.20. The predicted octanol–water partition coefficient (Wildman–Crippen LogP) is 3.01. The summed E-state index contributed by atoms with van der Waals surface area (Å²) < 4.78 is 31.4. The van der Waals surface area contributed by atoms with Crippen molar-refractivity contribution in [1.29, 1.82) is 0 Å². The average Bonchev–Trinajstić information content (AvgIpc) is 2.81. The van der Waals surface area contributed by atoms with Crippen molar-refractivity contribution in [2.45, 2.75) is 6.42 Å². The van der Waals surface area contributed by atoms with Crippen LogP contribution >= 0.6 is 0 Å². The molecule has 2 aromatic rings. The second-order valence-electron chi connectivity index (χ2n) is 3.60. The number of carbonyl (C=O) groups is 2. The Morgan fingerprint density at radius 3 is 2.22 bits per heavy atom. The highest BCUT2D eigenvalue weighted by atomic mass is 19.1. The lowest BCUT2D eigenvalue weighted by Gasteiger charge is -2.02. The van der Waals surface area contributed by atoms with E-state index in [-0.39, 0.29) is 5.76 Å². The van der Waals surface area contributed by atoms with Crippen LogP contribution in [0.3, 0.4) is 0 Å². The second-order valence-corrected chi connectivity index (χ2v) is 3.60. The van der Waals surface area contributed by atoms with E-state index in [0.29, 0.717) is 0 Å². The van der Waals surface area contributed by atoms with Crippen LogP contribution in [0.15, 0.2) is 41.0 Å². The number of furan rings is 1. The van der Waals surface area contributed by atoms with Gasteiger partial charge < -0.3 is 4.42 Å². The number of hydrogen-bond donors (Lipinski definition) is 0. The molecule has 92 valence electrons. The Kier molecular flexibility index (Phi) is 3.32. The summed E-state index contributed by atoms with van der Waals surface area (Å²) in [6.07, 6.45) is 0.646. The first kappa shape index (κ1) is 12.2. The van der Waals surface area contributed by atoms with E-state index < -0.39 is 35.2 Å². The van der Waals surface area contributed by atoms with E-state index in [4.69, 9.17) is 4.42 Å². The van der Waals surface area contributed by atoms with Crippen molar-refractivity contribution >= 4 is 11.6 Å². The van der Waals surface area contributed by atoms with Crippen LogP contribution in [0.25, 0.3) is 0 Å². The van der Waals surface area contributed by atoms with Crippen molar-refractivity contribution in [1.82, 2.24) is 0 Å². The molecular formula is C13H8F2O3.